The van der Waals surface area contributed by atoms with Crippen LogP contribution in [-0.4, -0.2) is 71.2 Å². The van der Waals surface area contributed by atoms with Gasteiger partial charge in [0.2, 0.25) is 5.91 Å². The van der Waals surface area contributed by atoms with Crippen LogP contribution in [0.2, 0.25) is 0 Å². The van der Waals surface area contributed by atoms with Crippen LogP contribution in [0.1, 0.15) is 53.9 Å². The molecule has 1 aliphatic rings. The summed E-state index contributed by atoms with van der Waals surface area (Å²) in [5.74, 6) is -2.30. The molecule has 0 saturated heterocycles. The molecule has 3 aromatic rings. The highest BCUT2D eigenvalue weighted by molar-refractivity contribution is 7.20. The van der Waals surface area contributed by atoms with E-state index in [9.17, 15) is 19.2 Å². The van der Waals surface area contributed by atoms with Crippen molar-refractivity contribution >= 4 is 45.2 Å². The van der Waals surface area contributed by atoms with Gasteiger partial charge in [-0.2, -0.15) is 0 Å². The van der Waals surface area contributed by atoms with Crippen molar-refractivity contribution in [3.8, 4) is 23.1 Å². The van der Waals surface area contributed by atoms with Gasteiger partial charge in [-0.15, -0.1) is 11.3 Å². The van der Waals surface area contributed by atoms with Crippen molar-refractivity contribution in [2.75, 3.05) is 27.4 Å². The number of ketones is 1. The number of aromatic nitrogens is 1. The van der Waals surface area contributed by atoms with Crippen LogP contribution in [0.15, 0.2) is 24.3 Å². The van der Waals surface area contributed by atoms with Gasteiger partial charge in [-0.1, -0.05) is 13.8 Å². The van der Waals surface area contributed by atoms with Crippen molar-refractivity contribution < 1.29 is 48.3 Å². The van der Waals surface area contributed by atoms with Crippen LogP contribution in [0.3, 0.4) is 0 Å². The smallest absolute Gasteiger partial charge is 0.306 e. The number of fused-ring (bicyclic) bond motifs is 2. The third-order valence-corrected chi connectivity index (χ3v) is 8.20. The Hall–Kier alpha value is -4.39. The fraction of sp³-hybridized carbons (Fsp3) is 0.433. The lowest BCUT2D eigenvalue weighted by atomic mass is 10.0. The highest BCUT2D eigenvalue weighted by Gasteiger charge is 2.28. The van der Waals surface area contributed by atoms with Crippen molar-refractivity contribution in [2.24, 2.45) is 11.8 Å². The average Bonchev–Trinajstić information content (AvgIpc) is 3.59. The first-order valence-corrected chi connectivity index (χ1v) is 14.5. The molecule has 0 aliphatic carbocycles. The molecule has 2 N–H and O–H groups in total. The predicted molar refractivity (Wildman–Crippen MR) is 156 cm³/mol. The molecule has 0 fully saturated rings. The van der Waals surface area contributed by atoms with E-state index in [1.807, 2.05) is 12.1 Å². The second-order valence-electron chi connectivity index (χ2n) is 10.4. The van der Waals surface area contributed by atoms with Gasteiger partial charge in [0.15, 0.2) is 23.0 Å². The maximum atomic E-state index is 12.6. The maximum absolute atomic E-state index is 12.6. The Morgan fingerprint density at radius 1 is 0.860 bits per heavy atom. The molecule has 1 amide bonds. The summed E-state index contributed by atoms with van der Waals surface area (Å²) >= 11 is 1.23. The summed E-state index contributed by atoms with van der Waals surface area (Å²) in [5, 5.41) is 18.2. The standard InChI is InChI=1S/C30H34N2O10S/c1-16(29(35)36)8-21(33)26-12-20-25(43-26)13-24(40-4)28(31-20)42-7-5-6-41-23-11-19-15-32(14-18(19)10-22(23)39-3)27(34)9-17(2)30(37)38/h10-13,16-17H,5-9,14-15H2,1-4H3,(H,35,36)(H,37,38). The molecule has 0 spiro atoms. The van der Waals surface area contributed by atoms with Crippen LogP contribution in [-0.2, 0) is 27.5 Å². The molecule has 13 heteroatoms. The van der Waals surface area contributed by atoms with Crippen LogP contribution in [0, 0.1) is 11.8 Å². The van der Waals surface area contributed by atoms with Crippen LogP contribution >= 0.6 is 11.3 Å². The molecule has 0 radical (unpaired) electrons. The number of carbonyl (C=O) groups is 4. The number of aliphatic carboxylic acids is 2. The number of rotatable bonds is 15. The van der Waals surface area contributed by atoms with E-state index in [0.717, 1.165) is 15.8 Å². The van der Waals surface area contributed by atoms with Gasteiger partial charge in [0.25, 0.3) is 5.88 Å². The summed E-state index contributed by atoms with van der Waals surface area (Å²) in [7, 11) is 3.03. The summed E-state index contributed by atoms with van der Waals surface area (Å²) in [5.41, 5.74) is 2.39. The van der Waals surface area contributed by atoms with Gasteiger partial charge in [0.05, 0.1) is 54.4 Å². The highest BCUT2D eigenvalue weighted by Crippen LogP contribution is 2.36. The minimum absolute atomic E-state index is 0.0614. The third-order valence-electron chi connectivity index (χ3n) is 7.09. The van der Waals surface area contributed by atoms with Crippen LogP contribution in [0.25, 0.3) is 10.2 Å². The molecule has 1 aromatic carbocycles. The summed E-state index contributed by atoms with van der Waals surface area (Å²) in [6, 6.07) is 7.05. The molecule has 0 bridgehead atoms. The molecule has 230 valence electrons. The van der Waals surface area contributed by atoms with E-state index in [-0.39, 0.29) is 37.0 Å². The van der Waals surface area contributed by atoms with Crippen molar-refractivity contribution in [1.82, 2.24) is 9.88 Å². The molecule has 0 saturated carbocycles. The Labute approximate surface area is 252 Å². The van der Waals surface area contributed by atoms with Crippen molar-refractivity contribution in [3.63, 3.8) is 0 Å². The molecule has 1 aliphatic heterocycles. The second-order valence-corrected chi connectivity index (χ2v) is 11.5. The Morgan fingerprint density at radius 3 is 2.09 bits per heavy atom. The molecule has 12 nitrogen and oxygen atoms in total. The Balaban J connectivity index is 1.34. The number of carboxylic acids is 2. The number of thiophene rings is 1. The van der Waals surface area contributed by atoms with E-state index in [4.69, 9.17) is 29.2 Å². The van der Waals surface area contributed by atoms with Crippen molar-refractivity contribution in [3.05, 3.63) is 40.3 Å². The normalized spacial score (nSPS) is 13.7. The average molecular weight is 615 g/mol. The second kappa shape index (κ2) is 13.7. The molecule has 3 heterocycles. The summed E-state index contributed by atoms with van der Waals surface area (Å²) in [4.78, 5) is 53.9. The van der Waals surface area contributed by atoms with E-state index in [0.29, 0.717) is 53.8 Å². The molecule has 2 atom stereocenters. The lowest BCUT2D eigenvalue weighted by molar-refractivity contribution is -0.145. The minimum atomic E-state index is -1.02. The SMILES string of the molecule is COc1cc2c(cc1OCCCOc1nc3cc(C(=O)CC(C)C(=O)O)sc3cc1OC)CN(C(=O)CC(C)C(=O)O)C2. The van der Waals surface area contributed by atoms with E-state index in [1.54, 1.807) is 17.0 Å². The number of Topliss-reactive ketones (excluding diaryl/α,β-unsaturated/α-hetero) is 1. The van der Waals surface area contributed by atoms with Crippen LogP contribution in [0.5, 0.6) is 23.1 Å². The van der Waals surface area contributed by atoms with Crippen LogP contribution < -0.4 is 18.9 Å². The lowest BCUT2D eigenvalue weighted by Gasteiger charge is -2.16. The van der Waals surface area contributed by atoms with E-state index < -0.39 is 23.8 Å². The van der Waals surface area contributed by atoms with Gasteiger partial charge < -0.3 is 34.1 Å². The number of ether oxygens (including phenoxy) is 4. The molecule has 43 heavy (non-hydrogen) atoms. The van der Waals surface area contributed by atoms with Gasteiger partial charge in [-0.3, -0.25) is 19.2 Å². The largest absolute Gasteiger partial charge is 0.493 e. The number of benzene rings is 1. The number of pyridine rings is 1. The van der Waals surface area contributed by atoms with Gasteiger partial charge in [0, 0.05) is 38.4 Å². The van der Waals surface area contributed by atoms with Gasteiger partial charge in [-0.25, -0.2) is 4.98 Å². The quantitative estimate of drug-likeness (QED) is 0.184. The van der Waals surface area contributed by atoms with E-state index in [1.165, 1.54) is 39.4 Å². The number of carboxylic acid groups (broad SMARTS) is 2. The highest BCUT2D eigenvalue weighted by atomic mass is 32.1. The first-order valence-electron chi connectivity index (χ1n) is 13.7. The molecular formula is C30H34N2O10S. The number of amides is 1. The minimum Gasteiger partial charge on any atom is -0.493 e. The monoisotopic (exact) mass is 614 g/mol. The fourth-order valence-electron chi connectivity index (χ4n) is 4.53. The topological polar surface area (TPSA) is 162 Å². The summed E-state index contributed by atoms with van der Waals surface area (Å²) in [6.45, 7) is 4.32. The number of hydrogen-bond donors (Lipinski definition) is 2. The Kier molecular flexibility index (Phi) is 10.1. The zero-order valence-electron chi connectivity index (χ0n) is 24.4. The Morgan fingerprint density at radius 2 is 1.47 bits per heavy atom. The van der Waals surface area contributed by atoms with Crippen molar-refractivity contribution in [1.29, 1.82) is 0 Å². The fourth-order valence-corrected chi connectivity index (χ4v) is 5.51. The molecule has 2 unspecified atom stereocenters. The number of carbonyl (C=O) groups excluding carboxylic acids is 2. The number of methoxy groups -OCH3 is 2. The van der Waals surface area contributed by atoms with Crippen LogP contribution in [0.4, 0.5) is 0 Å². The summed E-state index contributed by atoms with van der Waals surface area (Å²) < 4.78 is 23.5. The lowest BCUT2D eigenvalue weighted by Crippen LogP contribution is -2.28. The third kappa shape index (κ3) is 7.53. The Bertz CT molecular complexity index is 1530. The van der Waals surface area contributed by atoms with Crippen molar-refractivity contribution in [2.45, 2.75) is 46.2 Å². The number of hydrogen-bond acceptors (Lipinski definition) is 10. The van der Waals surface area contributed by atoms with Gasteiger partial charge in [-0.05, 0) is 29.3 Å². The first kappa shape index (κ1) is 31.5. The van der Waals surface area contributed by atoms with E-state index >= 15 is 0 Å². The zero-order chi connectivity index (χ0) is 31.3. The van der Waals surface area contributed by atoms with E-state index in [2.05, 4.69) is 4.98 Å². The van der Waals surface area contributed by atoms with Gasteiger partial charge >= 0.3 is 11.9 Å². The molecule has 4 rings (SSSR count). The maximum Gasteiger partial charge on any atom is 0.306 e. The molecular weight excluding hydrogens is 580 g/mol. The van der Waals surface area contributed by atoms with Gasteiger partial charge in [0.1, 0.15) is 0 Å². The first-order chi connectivity index (χ1) is 20.5. The molecule has 2 aromatic heterocycles. The number of nitrogens with zero attached hydrogens (tertiary/aromatic N) is 2. The predicted octanol–water partition coefficient (Wildman–Crippen LogP) is 4.41. The summed E-state index contributed by atoms with van der Waals surface area (Å²) in [6.07, 6.45) is 0.343. The zero-order valence-corrected chi connectivity index (χ0v) is 25.2.